The standard InChI is InChI=1S/C9H10N4/c10-9(2-3-9)7-6-12-13-5-1-4-11-8(7)13/h1,4-6H,2-3,10H2. The lowest BCUT2D eigenvalue weighted by Gasteiger charge is -2.04. The molecule has 2 aromatic rings. The summed E-state index contributed by atoms with van der Waals surface area (Å²) >= 11 is 0. The van der Waals surface area contributed by atoms with Crippen LogP contribution in [0.25, 0.3) is 5.65 Å². The Kier molecular flexibility index (Phi) is 1.13. The van der Waals surface area contributed by atoms with Crippen LogP contribution in [0.5, 0.6) is 0 Å². The van der Waals surface area contributed by atoms with Crippen molar-refractivity contribution in [2.24, 2.45) is 5.73 Å². The molecular weight excluding hydrogens is 164 g/mol. The minimum Gasteiger partial charge on any atom is -0.321 e. The summed E-state index contributed by atoms with van der Waals surface area (Å²) in [5.41, 5.74) is 7.91. The number of nitrogens with two attached hydrogens (primary N) is 1. The number of fused-ring (bicyclic) bond motifs is 1. The number of hydrogen-bond donors (Lipinski definition) is 1. The first-order chi connectivity index (χ1) is 6.30. The van der Waals surface area contributed by atoms with Crippen molar-refractivity contribution in [1.82, 2.24) is 14.6 Å². The lowest BCUT2D eigenvalue weighted by atomic mass is 10.1. The molecule has 0 atom stereocenters. The summed E-state index contributed by atoms with van der Waals surface area (Å²) in [6, 6.07) is 1.86. The zero-order valence-corrected chi connectivity index (χ0v) is 7.14. The van der Waals surface area contributed by atoms with Crippen molar-refractivity contribution in [1.29, 1.82) is 0 Å². The van der Waals surface area contributed by atoms with E-state index in [2.05, 4.69) is 10.1 Å². The van der Waals surface area contributed by atoms with Crippen molar-refractivity contribution in [3.05, 3.63) is 30.2 Å². The lowest BCUT2D eigenvalue weighted by Crippen LogP contribution is -2.18. The summed E-state index contributed by atoms with van der Waals surface area (Å²) in [7, 11) is 0. The van der Waals surface area contributed by atoms with Crippen LogP contribution < -0.4 is 5.73 Å². The van der Waals surface area contributed by atoms with Crippen LogP contribution in [0.2, 0.25) is 0 Å². The smallest absolute Gasteiger partial charge is 0.159 e. The van der Waals surface area contributed by atoms with E-state index in [1.807, 2.05) is 18.5 Å². The Bertz CT molecular complexity index is 455. The molecule has 1 aliphatic carbocycles. The highest BCUT2D eigenvalue weighted by atomic mass is 15.2. The van der Waals surface area contributed by atoms with E-state index < -0.39 is 0 Å². The van der Waals surface area contributed by atoms with Crippen molar-refractivity contribution >= 4 is 5.65 Å². The summed E-state index contributed by atoms with van der Waals surface area (Å²) in [6.45, 7) is 0. The maximum Gasteiger partial charge on any atom is 0.159 e. The third-order valence-electron chi connectivity index (χ3n) is 2.60. The monoisotopic (exact) mass is 174 g/mol. The van der Waals surface area contributed by atoms with Crippen LogP contribution >= 0.6 is 0 Å². The third-order valence-corrected chi connectivity index (χ3v) is 2.60. The predicted octanol–water partition coefficient (Wildman–Crippen LogP) is 0.677. The van der Waals surface area contributed by atoms with Gasteiger partial charge in [0.15, 0.2) is 5.65 Å². The molecule has 0 amide bonds. The molecule has 13 heavy (non-hydrogen) atoms. The van der Waals surface area contributed by atoms with Gasteiger partial charge >= 0.3 is 0 Å². The van der Waals surface area contributed by atoms with Crippen molar-refractivity contribution in [3.8, 4) is 0 Å². The van der Waals surface area contributed by atoms with E-state index >= 15 is 0 Å². The highest BCUT2D eigenvalue weighted by Gasteiger charge is 2.42. The molecule has 0 bridgehead atoms. The molecule has 2 aromatic heterocycles. The molecule has 2 heterocycles. The maximum atomic E-state index is 6.09. The number of aromatic nitrogens is 3. The van der Waals surface area contributed by atoms with Gasteiger partial charge < -0.3 is 5.73 Å². The van der Waals surface area contributed by atoms with Crippen molar-refractivity contribution in [2.75, 3.05) is 0 Å². The van der Waals surface area contributed by atoms with Crippen molar-refractivity contribution < 1.29 is 0 Å². The fourth-order valence-electron chi connectivity index (χ4n) is 1.58. The second-order valence-corrected chi connectivity index (χ2v) is 3.60. The van der Waals surface area contributed by atoms with E-state index in [0.717, 1.165) is 24.1 Å². The van der Waals surface area contributed by atoms with Crippen LogP contribution in [0.4, 0.5) is 0 Å². The molecule has 3 rings (SSSR count). The number of hydrogen-bond acceptors (Lipinski definition) is 3. The molecule has 66 valence electrons. The number of nitrogens with zero attached hydrogens (tertiary/aromatic N) is 3. The zero-order chi connectivity index (χ0) is 8.89. The normalized spacial score (nSPS) is 19.2. The highest BCUT2D eigenvalue weighted by molar-refractivity contribution is 5.51. The van der Waals surface area contributed by atoms with E-state index in [-0.39, 0.29) is 5.54 Å². The maximum absolute atomic E-state index is 6.09. The van der Waals surface area contributed by atoms with Crippen LogP contribution in [-0.2, 0) is 5.54 Å². The fraction of sp³-hybridized carbons (Fsp3) is 0.333. The average molecular weight is 174 g/mol. The van der Waals surface area contributed by atoms with E-state index in [1.54, 1.807) is 10.7 Å². The molecule has 0 saturated heterocycles. The average Bonchev–Trinajstić information content (AvgIpc) is 2.76. The minimum atomic E-state index is -0.143. The van der Waals surface area contributed by atoms with Gasteiger partial charge in [-0.25, -0.2) is 9.50 Å². The third kappa shape index (κ3) is 0.890. The van der Waals surface area contributed by atoms with Gasteiger partial charge in [-0.2, -0.15) is 5.10 Å². The van der Waals surface area contributed by atoms with Crippen LogP contribution in [0.15, 0.2) is 24.7 Å². The van der Waals surface area contributed by atoms with Crippen LogP contribution in [0, 0.1) is 0 Å². The van der Waals surface area contributed by atoms with Gasteiger partial charge in [0, 0.05) is 23.5 Å². The quantitative estimate of drug-likeness (QED) is 0.691. The first-order valence-electron chi connectivity index (χ1n) is 4.37. The molecule has 4 heteroatoms. The predicted molar refractivity (Wildman–Crippen MR) is 48.1 cm³/mol. The second-order valence-electron chi connectivity index (χ2n) is 3.60. The summed E-state index contributed by atoms with van der Waals surface area (Å²) in [6.07, 6.45) is 7.58. The Morgan fingerprint density at radius 1 is 1.46 bits per heavy atom. The molecule has 0 radical (unpaired) electrons. The van der Waals surface area contributed by atoms with Gasteiger partial charge in [-0.15, -0.1) is 0 Å². The first-order valence-corrected chi connectivity index (χ1v) is 4.37. The van der Waals surface area contributed by atoms with Crippen molar-refractivity contribution in [2.45, 2.75) is 18.4 Å². The molecule has 2 N–H and O–H groups in total. The Morgan fingerprint density at radius 2 is 2.31 bits per heavy atom. The first kappa shape index (κ1) is 7.03. The van der Waals surface area contributed by atoms with Gasteiger partial charge in [0.25, 0.3) is 0 Å². The SMILES string of the molecule is NC1(c2cnn3cccnc23)CC1. The molecule has 1 aliphatic rings. The summed E-state index contributed by atoms with van der Waals surface area (Å²) < 4.78 is 1.77. The highest BCUT2D eigenvalue weighted by Crippen LogP contribution is 2.43. The zero-order valence-electron chi connectivity index (χ0n) is 7.14. The molecule has 4 nitrogen and oxygen atoms in total. The van der Waals surface area contributed by atoms with Crippen molar-refractivity contribution in [3.63, 3.8) is 0 Å². The Labute approximate surface area is 75.4 Å². The van der Waals surface area contributed by atoms with E-state index in [0.29, 0.717) is 0 Å². The topological polar surface area (TPSA) is 56.2 Å². The number of rotatable bonds is 1. The fourth-order valence-corrected chi connectivity index (χ4v) is 1.58. The largest absolute Gasteiger partial charge is 0.321 e. The molecule has 0 unspecified atom stereocenters. The summed E-state index contributed by atoms with van der Waals surface area (Å²) in [5.74, 6) is 0. The summed E-state index contributed by atoms with van der Waals surface area (Å²) in [5, 5.41) is 4.20. The molecular formula is C9H10N4. The van der Waals surface area contributed by atoms with Crippen LogP contribution in [-0.4, -0.2) is 14.6 Å². The second kappa shape index (κ2) is 2.09. The molecule has 0 spiro atoms. The van der Waals surface area contributed by atoms with E-state index in [4.69, 9.17) is 5.73 Å². The minimum absolute atomic E-state index is 0.143. The van der Waals surface area contributed by atoms with Gasteiger partial charge in [-0.3, -0.25) is 0 Å². The van der Waals surface area contributed by atoms with E-state index in [1.165, 1.54) is 0 Å². The van der Waals surface area contributed by atoms with E-state index in [9.17, 15) is 0 Å². The summed E-state index contributed by atoms with van der Waals surface area (Å²) in [4.78, 5) is 4.27. The van der Waals surface area contributed by atoms with Gasteiger partial charge in [0.05, 0.1) is 6.20 Å². The lowest BCUT2D eigenvalue weighted by molar-refractivity contribution is 0.745. The molecule has 0 aromatic carbocycles. The van der Waals surface area contributed by atoms with Crippen LogP contribution in [0.3, 0.4) is 0 Å². The molecule has 1 saturated carbocycles. The molecule has 0 aliphatic heterocycles. The van der Waals surface area contributed by atoms with Gasteiger partial charge in [-0.1, -0.05) is 0 Å². The molecule has 1 fully saturated rings. The van der Waals surface area contributed by atoms with Gasteiger partial charge in [0.1, 0.15) is 0 Å². The Hall–Kier alpha value is -1.42. The van der Waals surface area contributed by atoms with Crippen LogP contribution in [0.1, 0.15) is 18.4 Å². The Morgan fingerprint density at radius 3 is 3.08 bits per heavy atom. The van der Waals surface area contributed by atoms with Gasteiger partial charge in [-0.05, 0) is 18.9 Å². The van der Waals surface area contributed by atoms with Gasteiger partial charge in [0.2, 0.25) is 0 Å². The Balaban J connectivity index is 2.30.